The molecule has 1 N–H and O–H groups in total. The molecule has 0 aromatic heterocycles. The summed E-state index contributed by atoms with van der Waals surface area (Å²) in [5.41, 5.74) is -0.711. The van der Waals surface area contributed by atoms with Crippen LogP contribution in [-0.2, 0) is 14.6 Å². The van der Waals surface area contributed by atoms with Crippen LogP contribution in [0, 0.1) is 0 Å². The number of carbonyl (C=O) groups is 1. The van der Waals surface area contributed by atoms with E-state index in [1.54, 1.807) is 25.7 Å². The molecule has 1 saturated heterocycles. The summed E-state index contributed by atoms with van der Waals surface area (Å²) in [7, 11) is -3.03. The molecule has 1 amide bonds. The topological polar surface area (TPSA) is 74.7 Å². The van der Waals surface area contributed by atoms with E-state index in [2.05, 4.69) is 0 Å². The standard InChI is InChI=1S/C11H21NO4S/c1-4-10(14)12(11(2,3)8-13)9-5-6-17(15,16)7-9/h9,13H,4-8H2,1-3H3. The van der Waals surface area contributed by atoms with Gasteiger partial charge in [0.25, 0.3) is 0 Å². The van der Waals surface area contributed by atoms with Crippen molar-refractivity contribution in [2.24, 2.45) is 0 Å². The summed E-state index contributed by atoms with van der Waals surface area (Å²) < 4.78 is 22.9. The number of sulfone groups is 1. The van der Waals surface area contributed by atoms with E-state index in [1.165, 1.54) is 0 Å². The van der Waals surface area contributed by atoms with Crippen molar-refractivity contribution in [2.45, 2.75) is 45.2 Å². The number of aliphatic hydroxyl groups excluding tert-OH is 1. The van der Waals surface area contributed by atoms with Crippen LogP contribution in [-0.4, -0.2) is 54.0 Å². The maximum absolute atomic E-state index is 11.9. The van der Waals surface area contributed by atoms with Gasteiger partial charge < -0.3 is 10.0 Å². The zero-order chi connectivity index (χ0) is 13.3. The highest BCUT2D eigenvalue weighted by Gasteiger charge is 2.40. The lowest BCUT2D eigenvalue weighted by Gasteiger charge is -2.41. The zero-order valence-corrected chi connectivity index (χ0v) is 11.5. The number of nitrogens with zero attached hydrogens (tertiary/aromatic N) is 1. The molecule has 1 atom stereocenters. The van der Waals surface area contributed by atoms with Gasteiger partial charge in [0.15, 0.2) is 9.84 Å². The highest BCUT2D eigenvalue weighted by Crippen LogP contribution is 2.26. The third-order valence-corrected chi connectivity index (χ3v) is 4.93. The Hall–Kier alpha value is -0.620. The molecular weight excluding hydrogens is 242 g/mol. The average Bonchev–Trinajstić information content (AvgIpc) is 2.58. The van der Waals surface area contributed by atoms with Crippen molar-refractivity contribution >= 4 is 15.7 Å². The molecule has 1 aliphatic heterocycles. The van der Waals surface area contributed by atoms with Crippen LogP contribution in [0.3, 0.4) is 0 Å². The predicted molar refractivity (Wildman–Crippen MR) is 65.4 cm³/mol. The lowest BCUT2D eigenvalue weighted by Crippen LogP contribution is -2.55. The van der Waals surface area contributed by atoms with E-state index < -0.39 is 15.4 Å². The highest BCUT2D eigenvalue weighted by molar-refractivity contribution is 7.91. The quantitative estimate of drug-likeness (QED) is 0.785. The van der Waals surface area contributed by atoms with Gasteiger partial charge in [0, 0.05) is 12.5 Å². The van der Waals surface area contributed by atoms with Crippen molar-refractivity contribution < 1.29 is 18.3 Å². The van der Waals surface area contributed by atoms with Gasteiger partial charge in [0.05, 0.1) is 23.7 Å². The molecule has 0 aromatic rings. The SMILES string of the molecule is CCC(=O)N(C1CCS(=O)(=O)C1)C(C)(C)CO. The van der Waals surface area contributed by atoms with Crippen LogP contribution in [0.4, 0.5) is 0 Å². The molecule has 100 valence electrons. The molecule has 6 heteroatoms. The van der Waals surface area contributed by atoms with Crippen LogP contribution in [0.15, 0.2) is 0 Å². The summed E-state index contributed by atoms with van der Waals surface area (Å²) in [6, 6.07) is -0.297. The number of carbonyl (C=O) groups excluding carboxylic acids is 1. The number of amides is 1. The molecule has 1 rings (SSSR count). The molecule has 1 unspecified atom stereocenters. The summed E-state index contributed by atoms with van der Waals surface area (Å²) in [5, 5.41) is 9.36. The summed E-state index contributed by atoms with van der Waals surface area (Å²) >= 11 is 0. The van der Waals surface area contributed by atoms with Gasteiger partial charge in [-0.25, -0.2) is 8.42 Å². The monoisotopic (exact) mass is 263 g/mol. The van der Waals surface area contributed by atoms with E-state index in [9.17, 15) is 18.3 Å². The fraction of sp³-hybridized carbons (Fsp3) is 0.909. The number of aliphatic hydroxyl groups is 1. The minimum absolute atomic E-state index is 0.0160. The molecule has 0 radical (unpaired) electrons. The van der Waals surface area contributed by atoms with Gasteiger partial charge in [-0.15, -0.1) is 0 Å². The van der Waals surface area contributed by atoms with E-state index in [0.717, 1.165) is 0 Å². The van der Waals surface area contributed by atoms with Crippen LogP contribution in [0.25, 0.3) is 0 Å². The first-order valence-electron chi connectivity index (χ1n) is 5.87. The first kappa shape index (κ1) is 14.4. The van der Waals surface area contributed by atoms with Crippen LogP contribution in [0.1, 0.15) is 33.6 Å². The fourth-order valence-corrected chi connectivity index (χ4v) is 3.96. The molecule has 0 saturated carbocycles. The first-order valence-corrected chi connectivity index (χ1v) is 7.69. The van der Waals surface area contributed by atoms with Gasteiger partial charge in [0.2, 0.25) is 5.91 Å². The Bertz CT molecular complexity index is 388. The summed E-state index contributed by atoms with van der Waals surface area (Å²) in [6.45, 7) is 5.08. The van der Waals surface area contributed by atoms with Crippen molar-refractivity contribution in [2.75, 3.05) is 18.1 Å². The fourth-order valence-electron chi connectivity index (χ4n) is 2.26. The van der Waals surface area contributed by atoms with Crippen LogP contribution >= 0.6 is 0 Å². The van der Waals surface area contributed by atoms with Crippen molar-refractivity contribution in [1.29, 1.82) is 0 Å². The van der Waals surface area contributed by atoms with Crippen molar-refractivity contribution in [3.8, 4) is 0 Å². The van der Waals surface area contributed by atoms with Crippen molar-refractivity contribution in [3.05, 3.63) is 0 Å². The van der Waals surface area contributed by atoms with Gasteiger partial charge in [-0.05, 0) is 20.3 Å². The van der Waals surface area contributed by atoms with E-state index in [1.807, 2.05) is 0 Å². The normalized spacial score (nSPS) is 23.6. The third-order valence-electron chi connectivity index (χ3n) is 3.18. The summed E-state index contributed by atoms with van der Waals surface area (Å²) in [4.78, 5) is 13.5. The van der Waals surface area contributed by atoms with E-state index in [0.29, 0.717) is 12.8 Å². The number of rotatable bonds is 4. The molecule has 0 aromatic carbocycles. The Balaban J connectivity index is 2.97. The molecule has 5 nitrogen and oxygen atoms in total. The minimum atomic E-state index is -3.03. The highest BCUT2D eigenvalue weighted by atomic mass is 32.2. The molecule has 1 heterocycles. The molecule has 1 fully saturated rings. The molecule has 0 aliphatic carbocycles. The first-order chi connectivity index (χ1) is 7.73. The second-order valence-electron chi connectivity index (χ2n) is 5.14. The van der Waals surface area contributed by atoms with Crippen molar-refractivity contribution in [1.82, 2.24) is 4.90 Å². The van der Waals surface area contributed by atoms with Gasteiger partial charge in [-0.2, -0.15) is 0 Å². The second kappa shape index (κ2) is 4.94. The Labute approximate surface area is 103 Å². The number of hydrogen-bond donors (Lipinski definition) is 1. The van der Waals surface area contributed by atoms with Crippen LogP contribution in [0.5, 0.6) is 0 Å². The molecule has 17 heavy (non-hydrogen) atoms. The summed E-state index contributed by atoms with van der Waals surface area (Å²) in [5.74, 6) is 0.0422. The van der Waals surface area contributed by atoms with Gasteiger partial charge in [-0.1, -0.05) is 6.92 Å². The smallest absolute Gasteiger partial charge is 0.223 e. The summed E-state index contributed by atoms with van der Waals surface area (Å²) in [6.07, 6.45) is 0.789. The Morgan fingerprint density at radius 1 is 1.47 bits per heavy atom. The van der Waals surface area contributed by atoms with Gasteiger partial charge in [0.1, 0.15) is 0 Å². The van der Waals surface area contributed by atoms with Gasteiger partial charge >= 0.3 is 0 Å². The Kier molecular flexibility index (Phi) is 4.19. The third kappa shape index (κ3) is 3.19. The molecule has 0 bridgehead atoms. The van der Waals surface area contributed by atoms with E-state index >= 15 is 0 Å². The minimum Gasteiger partial charge on any atom is -0.394 e. The van der Waals surface area contributed by atoms with E-state index in [-0.39, 0.29) is 30.1 Å². The lowest BCUT2D eigenvalue weighted by molar-refractivity contribution is -0.140. The molecular formula is C11H21NO4S. The molecule has 1 aliphatic rings. The second-order valence-corrected chi connectivity index (χ2v) is 7.37. The van der Waals surface area contributed by atoms with Crippen molar-refractivity contribution in [3.63, 3.8) is 0 Å². The predicted octanol–water partition coefficient (Wildman–Crippen LogP) is 0.183. The Morgan fingerprint density at radius 3 is 2.41 bits per heavy atom. The van der Waals surface area contributed by atoms with E-state index in [4.69, 9.17) is 0 Å². The van der Waals surface area contributed by atoms with Crippen LogP contribution in [0.2, 0.25) is 0 Å². The lowest BCUT2D eigenvalue weighted by atomic mass is 10.00. The van der Waals surface area contributed by atoms with Crippen LogP contribution < -0.4 is 0 Å². The zero-order valence-electron chi connectivity index (χ0n) is 10.6. The largest absolute Gasteiger partial charge is 0.394 e. The molecule has 0 spiro atoms. The average molecular weight is 263 g/mol. The maximum atomic E-state index is 11.9. The maximum Gasteiger partial charge on any atom is 0.223 e. The number of hydrogen-bond acceptors (Lipinski definition) is 4. The van der Waals surface area contributed by atoms with Gasteiger partial charge in [-0.3, -0.25) is 4.79 Å². The Morgan fingerprint density at radius 2 is 2.06 bits per heavy atom.